The van der Waals surface area contributed by atoms with Crippen molar-refractivity contribution in [2.24, 2.45) is 5.92 Å². The molecule has 3 rings (SSSR count). The molecule has 0 atom stereocenters. The predicted molar refractivity (Wildman–Crippen MR) is 107 cm³/mol. The Hall–Kier alpha value is -3.05. The Kier molecular flexibility index (Phi) is 6.50. The molecule has 1 aliphatic rings. The summed E-state index contributed by atoms with van der Waals surface area (Å²) in [6.45, 7) is 2.10. The van der Waals surface area contributed by atoms with Gasteiger partial charge < -0.3 is 20.3 Å². The lowest BCUT2D eigenvalue weighted by Gasteiger charge is -2.32. The minimum atomic E-state index is -0.302. The van der Waals surface area contributed by atoms with Crippen molar-refractivity contribution < 1.29 is 9.53 Å². The summed E-state index contributed by atoms with van der Waals surface area (Å²) < 4.78 is 5.23. The SMILES string of the molecule is COc1ccc(Cl)cc1NC(=O)NCC1CCN(c2nccnc2C#N)CC1. The Labute approximate surface area is 168 Å². The first-order valence-electron chi connectivity index (χ1n) is 8.95. The van der Waals surface area contributed by atoms with Gasteiger partial charge in [-0.15, -0.1) is 0 Å². The molecule has 1 aliphatic heterocycles. The van der Waals surface area contributed by atoms with E-state index in [-0.39, 0.29) is 6.03 Å². The van der Waals surface area contributed by atoms with Crippen LogP contribution in [0.1, 0.15) is 18.5 Å². The number of anilines is 2. The molecule has 2 aromatic rings. The summed E-state index contributed by atoms with van der Waals surface area (Å²) in [4.78, 5) is 22.6. The van der Waals surface area contributed by atoms with E-state index in [0.29, 0.717) is 40.4 Å². The zero-order chi connectivity index (χ0) is 19.9. The Morgan fingerprint density at radius 2 is 2.11 bits per heavy atom. The Balaban J connectivity index is 1.49. The van der Waals surface area contributed by atoms with Gasteiger partial charge in [0.1, 0.15) is 11.8 Å². The third-order valence-electron chi connectivity index (χ3n) is 4.66. The van der Waals surface area contributed by atoms with Gasteiger partial charge in [-0.25, -0.2) is 14.8 Å². The first kappa shape index (κ1) is 19.7. The van der Waals surface area contributed by atoms with E-state index in [1.807, 2.05) is 0 Å². The van der Waals surface area contributed by atoms with E-state index in [4.69, 9.17) is 16.3 Å². The number of halogens is 1. The smallest absolute Gasteiger partial charge is 0.319 e. The van der Waals surface area contributed by atoms with Gasteiger partial charge in [0, 0.05) is 37.1 Å². The van der Waals surface area contributed by atoms with Crippen molar-refractivity contribution in [3.8, 4) is 11.8 Å². The molecule has 1 fully saturated rings. The average Bonchev–Trinajstić information content (AvgIpc) is 2.73. The van der Waals surface area contributed by atoms with Crippen LogP contribution < -0.4 is 20.3 Å². The fourth-order valence-corrected chi connectivity index (χ4v) is 3.34. The molecule has 0 radical (unpaired) electrons. The van der Waals surface area contributed by atoms with Gasteiger partial charge in [-0.3, -0.25) is 0 Å². The molecule has 0 aliphatic carbocycles. The fourth-order valence-electron chi connectivity index (χ4n) is 3.17. The number of nitrogens with one attached hydrogen (secondary N) is 2. The lowest BCUT2D eigenvalue weighted by Crippen LogP contribution is -2.40. The van der Waals surface area contributed by atoms with Crippen LogP contribution in [0, 0.1) is 17.2 Å². The van der Waals surface area contributed by atoms with Crippen molar-refractivity contribution in [3.63, 3.8) is 0 Å². The molecule has 1 aromatic carbocycles. The van der Waals surface area contributed by atoms with Crippen LogP contribution in [0.3, 0.4) is 0 Å². The van der Waals surface area contributed by atoms with Crippen LogP contribution >= 0.6 is 11.6 Å². The topological polar surface area (TPSA) is 103 Å². The van der Waals surface area contributed by atoms with Crippen molar-refractivity contribution in [1.82, 2.24) is 15.3 Å². The summed E-state index contributed by atoms with van der Waals surface area (Å²) in [5.41, 5.74) is 0.864. The van der Waals surface area contributed by atoms with Gasteiger partial charge in [0.15, 0.2) is 11.5 Å². The van der Waals surface area contributed by atoms with Gasteiger partial charge in [-0.2, -0.15) is 5.26 Å². The van der Waals surface area contributed by atoms with Crippen LogP contribution in [0.2, 0.25) is 5.02 Å². The molecular formula is C19H21ClN6O2. The van der Waals surface area contributed by atoms with Crippen molar-refractivity contribution in [1.29, 1.82) is 5.26 Å². The number of methoxy groups -OCH3 is 1. The molecule has 0 unspecified atom stereocenters. The highest BCUT2D eigenvalue weighted by molar-refractivity contribution is 6.31. The molecule has 28 heavy (non-hydrogen) atoms. The maximum Gasteiger partial charge on any atom is 0.319 e. The zero-order valence-corrected chi connectivity index (χ0v) is 16.2. The molecule has 0 saturated carbocycles. The van der Waals surface area contributed by atoms with E-state index >= 15 is 0 Å². The summed E-state index contributed by atoms with van der Waals surface area (Å²) in [6.07, 6.45) is 4.90. The summed E-state index contributed by atoms with van der Waals surface area (Å²) in [7, 11) is 1.54. The van der Waals surface area contributed by atoms with E-state index in [2.05, 4.69) is 31.6 Å². The van der Waals surface area contributed by atoms with Gasteiger partial charge >= 0.3 is 6.03 Å². The number of benzene rings is 1. The second-order valence-electron chi connectivity index (χ2n) is 6.45. The monoisotopic (exact) mass is 400 g/mol. The minimum absolute atomic E-state index is 0.302. The van der Waals surface area contributed by atoms with Gasteiger partial charge in [0.05, 0.1) is 12.8 Å². The number of carbonyl (C=O) groups excluding carboxylic acids is 1. The summed E-state index contributed by atoms with van der Waals surface area (Å²) >= 11 is 5.98. The first-order valence-corrected chi connectivity index (χ1v) is 9.33. The van der Waals surface area contributed by atoms with E-state index in [1.165, 1.54) is 13.3 Å². The second-order valence-corrected chi connectivity index (χ2v) is 6.89. The number of amides is 2. The number of hydrogen-bond donors (Lipinski definition) is 2. The first-order chi connectivity index (χ1) is 13.6. The van der Waals surface area contributed by atoms with Gasteiger partial charge in [-0.1, -0.05) is 11.6 Å². The summed E-state index contributed by atoms with van der Waals surface area (Å²) in [6, 6.07) is 6.83. The minimum Gasteiger partial charge on any atom is -0.495 e. The number of rotatable bonds is 5. The standard InChI is InChI=1S/C19H21ClN6O2/c1-28-17-3-2-14(20)10-15(17)25-19(27)24-12-13-4-8-26(9-5-13)18-16(11-21)22-6-7-23-18/h2-3,6-7,10,13H,4-5,8-9,12H2,1H3,(H2,24,25,27). The number of piperidine rings is 1. The molecule has 2 N–H and O–H groups in total. The molecular weight excluding hydrogens is 380 g/mol. The molecule has 9 heteroatoms. The number of ether oxygens (including phenoxy) is 1. The molecule has 8 nitrogen and oxygen atoms in total. The van der Waals surface area contributed by atoms with Crippen LogP contribution in [0.15, 0.2) is 30.6 Å². The van der Waals surface area contributed by atoms with Crippen molar-refractivity contribution >= 4 is 29.1 Å². The largest absolute Gasteiger partial charge is 0.495 e. The number of urea groups is 1. The van der Waals surface area contributed by atoms with Gasteiger partial charge in [-0.05, 0) is 37.0 Å². The quantitative estimate of drug-likeness (QED) is 0.799. The highest BCUT2D eigenvalue weighted by Gasteiger charge is 2.23. The molecule has 0 spiro atoms. The van der Waals surface area contributed by atoms with E-state index < -0.39 is 0 Å². The van der Waals surface area contributed by atoms with Crippen LogP contribution in [0.4, 0.5) is 16.3 Å². The highest BCUT2D eigenvalue weighted by atomic mass is 35.5. The number of nitriles is 1. The third-order valence-corrected chi connectivity index (χ3v) is 4.90. The molecule has 0 bridgehead atoms. The van der Waals surface area contributed by atoms with Crippen LogP contribution in [-0.2, 0) is 0 Å². The van der Waals surface area contributed by atoms with Gasteiger partial charge in [0.2, 0.25) is 0 Å². The number of aromatic nitrogens is 2. The maximum absolute atomic E-state index is 12.2. The fraction of sp³-hybridized carbons (Fsp3) is 0.368. The van der Waals surface area contributed by atoms with Crippen LogP contribution in [0.25, 0.3) is 0 Å². The lowest BCUT2D eigenvalue weighted by atomic mass is 9.97. The number of hydrogen-bond acceptors (Lipinski definition) is 6. The Bertz CT molecular complexity index is 877. The Morgan fingerprint density at radius 1 is 1.36 bits per heavy atom. The normalized spacial score (nSPS) is 14.2. The number of carbonyl (C=O) groups is 1. The maximum atomic E-state index is 12.2. The highest BCUT2D eigenvalue weighted by Crippen LogP contribution is 2.27. The number of nitrogens with zero attached hydrogens (tertiary/aromatic N) is 4. The lowest BCUT2D eigenvalue weighted by molar-refractivity contribution is 0.248. The molecule has 2 heterocycles. The van der Waals surface area contributed by atoms with E-state index in [1.54, 1.807) is 24.4 Å². The van der Waals surface area contributed by atoms with E-state index in [9.17, 15) is 10.1 Å². The zero-order valence-electron chi connectivity index (χ0n) is 15.5. The Morgan fingerprint density at radius 3 is 2.82 bits per heavy atom. The molecule has 146 valence electrons. The van der Waals surface area contributed by atoms with Crippen molar-refractivity contribution in [3.05, 3.63) is 41.3 Å². The van der Waals surface area contributed by atoms with Crippen LogP contribution in [-0.4, -0.2) is 42.7 Å². The van der Waals surface area contributed by atoms with E-state index in [0.717, 1.165) is 25.9 Å². The average molecular weight is 401 g/mol. The van der Waals surface area contributed by atoms with Gasteiger partial charge in [0.25, 0.3) is 0 Å². The summed E-state index contributed by atoms with van der Waals surface area (Å²) in [5.74, 6) is 1.53. The van der Waals surface area contributed by atoms with Crippen molar-refractivity contribution in [2.75, 3.05) is 37.0 Å². The second kappa shape index (κ2) is 9.24. The predicted octanol–water partition coefficient (Wildman–Crippen LogP) is 3.05. The van der Waals surface area contributed by atoms with Crippen LogP contribution in [0.5, 0.6) is 5.75 Å². The van der Waals surface area contributed by atoms with Crippen molar-refractivity contribution in [2.45, 2.75) is 12.8 Å². The molecule has 1 saturated heterocycles. The molecule has 1 aromatic heterocycles. The molecule has 2 amide bonds. The summed E-state index contributed by atoms with van der Waals surface area (Å²) in [5, 5.41) is 15.4. The third kappa shape index (κ3) is 4.81.